The van der Waals surface area contributed by atoms with Crippen molar-refractivity contribution in [3.8, 4) is 5.75 Å². The van der Waals surface area contributed by atoms with Crippen molar-refractivity contribution in [2.24, 2.45) is 4.99 Å². The molecular weight excluding hydrogens is 512 g/mol. The summed E-state index contributed by atoms with van der Waals surface area (Å²) in [4.78, 5) is 8.74. The molecule has 1 aromatic heterocycles. The summed E-state index contributed by atoms with van der Waals surface area (Å²) in [5, 5.41) is 6.28. The monoisotopic (exact) mass is 540 g/mol. The van der Waals surface area contributed by atoms with E-state index in [1.165, 1.54) is 12.1 Å². The van der Waals surface area contributed by atoms with E-state index in [-0.39, 0.29) is 35.1 Å². The molecule has 2 rings (SSSR count). The average Bonchev–Trinajstić information content (AvgIpc) is 3.12. The predicted molar refractivity (Wildman–Crippen MR) is 120 cm³/mol. The predicted octanol–water partition coefficient (Wildman–Crippen LogP) is 4.79. The molecule has 0 saturated carbocycles. The highest BCUT2D eigenvalue weighted by atomic mass is 127. The minimum atomic E-state index is -4.36. The molecule has 0 unspecified atom stereocenters. The Labute approximate surface area is 191 Å². The van der Waals surface area contributed by atoms with Crippen molar-refractivity contribution in [3.05, 3.63) is 47.7 Å². The van der Waals surface area contributed by atoms with Gasteiger partial charge in [-0.3, -0.25) is 0 Å². The van der Waals surface area contributed by atoms with Crippen molar-refractivity contribution < 1.29 is 22.3 Å². The van der Waals surface area contributed by atoms with Gasteiger partial charge in [-0.1, -0.05) is 32.9 Å². The lowest BCUT2D eigenvalue weighted by molar-refractivity contribution is -0.153. The van der Waals surface area contributed by atoms with Crippen LogP contribution in [0.25, 0.3) is 0 Å². The second kappa shape index (κ2) is 11.4. The second-order valence-corrected chi connectivity index (χ2v) is 7.46. The van der Waals surface area contributed by atoms with Gasteiger partial charge < -0.3 is 19.8 Å². The molecule has 0 aliphatic rings. The molecule has 0 bridgehead atoms. The molecule has 1 heterocycles. The standard InChI is InChI=1S/C20H27F3N4O2.HI/c1-5-24-18(27-12-17-25-11-16(29-17)19(2,3)4)26-10-14-6-8-15(9-7-14)28-13-20(21,22)23;/h6-9,11H,5,10,12-13H2,1-4H3,(H2,24,26,27);1H. The van der Waals surface area contributed by atoms with Gasteiger partial charge in [0, 0.05) is 12.0 Å². The molecule has 0 aliphatic carbocycles. The summed E-state index contributed by atoms with van der Waals surface area (Å²) in [6, 6.07) is 6.36. The van der Waals surface area contributed by atoms with E-state index in [4.69, 9.17) is 9.15 Å². The van der Waals surface area contributed by atoms with Crippen LogP contribution < -0.4 is 15.4 Å². The van der Waals surface area contributed by atoms with Crippen LogP contribution in [0.1, 0.15) is 44.9 Å². The summed E-state index contributed by atoms with van der Waals surface area (Å²) in [7, 11) is 0. The van der Waals surface area contributed by atoms with E-state index in [1.54, 1.807) is 18.3 Å². The Bertz CT molecular complexity index is 800. The Kier molecular flexibility index (Phi) is 9.92. The molecule has 0 atom stereocenters. The maximum Gasteiger partial charge on any atom is 0.422 e. The summed E-state index contributed by atoms with van der Waals surface area (Å²) in [5.41, 5.74) is 0.729. The number of aliphatic imine (C=N–C) groups is 1. The number of hydrogen-bond acceptors (Lipinski definition) is 4. The molecule has 2 aromatic rings. The van der Waals surface area contributed by atoms with Crippen LogP contribution in [0, 0.1) is 0 Å². The fourth-order valence-corrected chi connectivity index (χ4v) is 2.27. The number of halogens is 4. The number of benzene rings is 1. The number of alkyl halides is 3. The smallest absolute Gasteiger partial charge is 0.422 e. The Morgan fingerprint density at radius 2 is 1.80 bits per heavy atom. The molecule has 0 radical (unpaired) electrons. The maximum atomic E-state index is 12.2. The first-order valence-electron chi connectivity index (χ1n) is 9.32. The van der Waals surface area contributed by atoms with Gasteiger partial charge in [0.15, 0.2) is 12.6 Å². The first-order chi connectivity index (χ1) is 13.6. The van der Waals surface area contributed by atoms with Crippen LogP contribution in [0.15, 0.2) is 39.9 Å². The largest absolute Gasteiger partial charge is 0.484 e. The molecule has 2 N–H and O–H groups in total. The van der Waals surface area contributed by atoms with Crippen molar-refractivity contribution in [2.75, 3.05) is 13.2 Å². The van der Waals surface area contributed by atoms with Gasteiger partial charge in [0.1, 0.15) is 11.5 Å². The van der Waals surface area contributed by atoms with E-state index in [0.717, 1.165) is 11.3 Å². The number of rotatable bonds is 7. The van der Waals surface area contributed by atoms with Gasteiger partial charge in [-0.25, -0.2) is 9.98 Å². The summed E-state index contributed by atoms with van der Waals surface area (Å²) < 4.78 is 47.0. The minimum absolute atomic E-state index is 0. The van der Waals surface area contributed by atoms with Gasteiger partial charge in [-0.05, 0) is 24.6 Å². The van der Waals surface area contributed by atoms with Crippen molar-refractivity contribution in [1.29, 1.82) is 0 Å². The summed E-state index contributed by atoms with van der Waals surface area (Å²) in [5.74, 6) is 2.12. The lowest BCUT2D eigenvalue weighted by Crippen LogP contribution is -2.36. The van der Waals surface area contributed by atoms with E-state index in [0.29, 0.717) is 31.5 Å². The number of ether oxygens (including phenoxy) is 1. The number of nitrogens with zero attached hydrogens (tertiary/aromatic N) is 2. The summed E-state index contributed by atoms with van der Waals surface area (Å²) in [6.45, 7) is 8.21. The molecule has 6 nitrogen and oxygen atoms in total. The molecule has 0 amide bonds. The number of hydrogen-bond donors (Lipinski definition) is 2. The molecular formula is C20H28F3IN4O2. The van der Waals surface area contributed by atoms with Crippen LogP contribution in [0.2, 0.25) is 0 Å². The minimum Gasteiger partial charge on any atom is -0.484 e. The van der Waals surface area contributed by atoms with Gasteiger partial charge in [-0.15, -0.1) is 24.0 Å². The maximum absolute atomic E-state index is 12.2. The molecule has 0 aliphatic heterocycles. The van der Waals surface area contributed by atoms with Gasteiger partial charge in [0.2, 0.25) is 5.89 Å². The quantitative estimate of drug-likeness (QED) is 0.301. The second-order valence-electron chi connectivity index (χ2n) is 7.46. The zero-order valence-electron chi connectivity index (χ0n) is 17.5. The van der Waals surface area contributed by atoms with Gasteiger partial charge in [0.25, 0.3) is 0 Å². The van der Waals surface area contributed by atoms with Crippen LogP contribution in [-0.2, 0) is 18.5 Å². The van der Waals surface area contributed by atoms with Gasteiger partial charge >= 0.3 is 6.18 Å². The molecule has 0 saturated heterocycles. The van der Waals surface area contributed by atoms with Crippen LogP contribution in [0.4, 0.5) is 13.2 Å². The number of aromatic nitrogens is 1. The number of guanidine groups is 1. The highest BCUT2D eigenvalue weighted by Gasteiger charge is 2.28. The lowest BCUT2D eigenvalue weighted by atomic mass is 9.94. The Morgan fingerprint density at radius 3 is 2.33 bits per heavy atom. The molecule has 1 aromatic carbocycles. The highest BCUT2D eigenvalue weighted by Crippen LogP contribution is 2.22. The van der Waals surface area contributed by atoms with Gasteiger partial charge in [0.05, 0.1) is 19.3 Å². The van der Waals surface area contributed by atoms with Crippen LogP contribution in [0.5, 0.6) is 5.75 Å². The Morgan fingerprint density at radius 1 is 1.13 bits per heavy atom. The fourth-order valence-electron chi connectivity index (χ4n) is 2.27. The molecule has 30 heavy (non-hydrogen) atoms. The first kappa shape index (κ1) is 26.1. The third-order valence-electron chi connectivity index (χ3n) is 3.79. The first-order valence-corrected chi connectivity index (χ1v) is 9.32. The van der Waals surface area contributed by atoms with Crippen LogP contribution >= 0.6 is 24.0 Å². The van der Waals surface area contributed by atoms with E-state index >= 15 is 0 Å². The summed E-state index contributed by atoms with van der Waals surface area (Å²) in [6.07, 6.45) is -2.63. The third-order valence-corrected chi connectivity index (χ3v) is 3.79. The normalized spacial score (nSPS) is 12.3. The molecule has 10 heteroatoms. The molecule has 168 valence electrons. The third kappa shape index (κ3) is 9.23. The Hall–Kier alpha value is -1.98. The fraction of sp³-hybridized carbons (Fsp3) is 0.500. The van der Waals surface area contributed by atoms with E-state index in [2.05, 4.69) is 41.4 Å². The van der Waals surface area contributed by atoms with Gasteiger partial charge in [-0.2, -0.15) is 13.2 Å². The zero-order valence-corrected chi connectivity index (χ0v) is 19.8. The Balaban J connectivity index is 0.00000450. The molecule has 0 fully saturated rings. The van der Waals surface area contributed by atoms with Crippen molar-refractivity contribution in [1.82, 2.24) is 15.6 Å². The average molecular weight is 540 g/mol. The molecule has 0 spiro atoms. The summed E-state index contributed by atoms with van der Waals surface area (Å²) >= 11 is 0. The lowest BCUT2D eigenvalue weighted by Gasteiger charge is -2.13. The van der Waals surface area contributed by atoms with E-state index < -0.39 is 12.8 Å². The van der Waals surface area contributed by atoms with E-state index in [9.17, 15) is 13.2 Å². The number of oxazole rings is 1. The number of nitrogens with one attached hydrogen (secondary N) is 2. The zero-order chi connectivity index (χ0) is 21.5. The van der Waals surface area contributed by atoms with Crippen LogP contribution in [0.3, 0.4) is 0 Å². The van der Waals surface area contributed by atoms with Crippen molar-refractivity contribution in [3.63, 3.8) is 0 Å². The SMILES string of the molecule is CCNC(=NCc1ccc(OCC(F)(F)F)cc1)NCc1ncc(C(C)(C)C)o1.I. The highest BCUT2D eigenvalue weighted by molar-refractivity contribution is 14.0. The van der Waals surface area contributed by atoms with Crippen molar-refractivity contribution >= 4 is 29.9 Å². The van der Waals surface area contributed by atoms with Crippen LogP contribution in [-0.4, -0.2) is 30.3 Å². The van der Waals surface area contributed by atoms with E-state index in [1.807, 2.05) is 6.92 Å². The topological polar surface area (TPSA) is 71.7 Å². The van der Waals surface area contributed by atoms with Crippen molar-refractivity contribution in [2.45, 2.75) is 52.4 Å².